The minimum absolute atomic E-state index is 0.183. The monoisotopic (exact) mass is 657 g/mol. The second-order valence-electron chi connectivity index (χ2n) is 13.5. The Morgan fingerprint density at radius 3 is 1.61 bits per heavy atom. The Labute approximate surface area is 281 Å². The van der Waals surface area contributed by atoms with Crippen molar-refractivity contribution in [3.63, 3.8) is 0 Å². The minimum atomic E-state index is -1.50. The molecule has 0 bridgehead atoms. The first-order valence-corrected chi connectivity index (χ1v) is 18.4. The summed E-state index contributed by atoms with van der Waals surface area (Å²) in [6, 6.07) is 0. The maximum absolute atomic E-state index is 12.6. The number of carbonyl (C=O) groups is 3. The van der Waals surface area contributed by atoms with Gasteiger partial charge in [0.25, 0.3) is 6.29 Å². The predicted molar refractivity (Wildman–Crippen MR) is 185 cm³/mol. The number of hydrogen-bond donors (Lipinski definition) is 1. The van der Waals surface area contributed by atoms with E-state index in [-0.39, 0.29) is 32.2 Å². The van der Waals surface area contributed by atoms with Crippen LogP contribution in [0.4, 0.5) is 0 Å². The highest BCUT2D eigenvalue weighted by molar-refractivity contribution is 5.71. The van der Waals surface area contributed by atoms with Gasteiger partial charge in [-0.25, -0.2) is 4.79 Å². The highest BCUT2D eigenvalue weighted by Crippen LogP contribution is 2.12. The van der Waals surface area contributed by atoms with E-state index in [4.69, 9.17) is 18.9 Å². The maximum atomic E-state index is 12.6. The number of rotatable bonds is 33. The van der Waals surface area contributed by atoms with Crippen molar-refractivity contribution in [1.82, 2.24) is 0 Å². The van der Waals surface area contributed by atoms with Gasteiger partial charge in [0.2, 0.25) is 0 Å². The number of carboxylic acid groups (broad SMARTS) is 1. The van der Waals surface area contributed by atoms with Gasteiger partial charge in [0.1, 0.15) is 13.2 Å². The van der Waals surface area contributed by atoms with E-state index in [1.165, 1.54) is 51.4 Å². The van der Waals surface area contributed by atoms with Crippen molar-refractivity contribution in [1.29, 1.82) is 0 Å². The van der Waals surface area contributed by atoms with Crippen LogP contribution in [0.3, 0.4) is 0 Å². The number of esters is 2. The van der Waals surface area contributed by atoms with Crippen LogP contribution in [0, 0.1) is 0 Å². The van der Waals surface area contributed by atoms with Gasteiger partial charge < -0.3 is 28.5 Å². The fraction of sp³-hybridized carbons (Fsp3) is 0.865. The summed E-state index contributed by atoms with van der Waals surface area (Å²) in [6.45, 7) is 4.74. The van der Waals surface area contributed by atoms with E-state index in [0.29, 0.717) is 23.9 Å². The van der Waals surface area contributed by atoms with Crippen molar-refractivity contribution >= 4 is 17.9 Å². The topological polar surface area (TPSA) is 108 Å². The zero-order valence-electron chi connectivity index (χ0n) is 30.2. The number of unbranched alkanes of at least 4 members (excludes halogenated alkanes) is 16. The number of carbonyl (C=O) groups excluding carboxylic acids is 2. The summed E-state index contributed by atoms with van der Waals surface area (Å²) in [7, 11) is 5.93. The third-order valence-corrected chi connectivity index (χ3v) is 7.77. The first kappa shape index (κ1) is 44.0. The second-order valence-corrected chi connectivity index (χ2v) is 13.5. The van der Waals surface area contributed by atoms with Gasteiger partial charge in [0.15, 0.2) is 6.10 Å². The molecule has 0 saturated heterocycles. The Morgan fingerprint density at radius 2 is 1.11 bits per heavy atom. The van der Waals surface area contributed by atoms with Crippen LogP contribution >= 0.6 is 0 Å². The molecule has 0 radical (unpaired) electrons. The molecule has 0 spiro atoms. The smallest absolute Gasteiger partial charge is 0.361 e. The van der Waals surface area contributed by atoms with E-state index in [9.17, 15) is 19.5 Å². The van der Waals surface area contributed by atoms with Gasteiger partial charge in [-0.3, -0.25) is 9.59 Å². The van der Waals surface area contributed by atoms with Crippen LogP contribution < -0.4 is 0 Å². The molecular weight excluding hydrogens is 586 g/mol. The van der Waals surface area contributed by atoms with Crippen LogP contribution in [-0.4, -0.2) is 87.4 Å². The lowest BCUT2D eigenvalue weighted by molar-refractivity contribution is -0.870. The van der Waals surface area contributed by atoms with E-state index in [1.54, 1.807) is 0 Å². The molecule has 270 valence electrons. The van der Waals surface area contributed by atoms with Crippen LogP contribution in [0.25, 0.3) is 0 Å². The maximum Gasteiger partial charge on any atom is 0.361 e. The number of ether oxygens (including phenoxy) is 4. The highest BCUT2D eigenvalue weighted by atomic mass is 16.7. The Hall–Kier alpha value is -1.97. The predicted octanol–water partition coefficient (Wildman–Crippen LogP) is 8.38. The van der Waals surface area contributed by atoms with Crippen molar-refractivity contribution in [2.75, 3.05) is 47.5 Å². The number of allylic oxidation sites excluding steroid dienone is 2. The quantitative estimate of drug-likeness (QED) is 0.0247. The van der Waals surface area contributed by atoms with Crippen molar-refractivity contribution < 1.29 is 42.9 Å². The van der Waals surface area contributed by atoms with Crippen molar-refractivity contribution in [2.45, 2.75) is 161 Å². The molecule has 0 aromatic carbocycles. The third-order valence-electron chi connectivity index (χ3n) is 7.77. The molecule has 0 rings (SSSR count). The van der Waals surface area contributed by atoms with Crippen LogP contribution in [0.5, 0.6) is 0 Å². The van der Waals surface area contributed by atoms with E-state index in [1.807, 2.05) is 21.1 Å². The Kier molecular flexibility index (Phi) is 29.1. The summed E-state index contributed by atoms with van der Waals surface area (Å²) in [5, 5.41) is 9.53. The zero-order chi connectivity index (χ0) is 34.3. The molecule has 2 atom stereocenters. The van der Waals surface area contributed by atoms with Gasteiger partial charge in [-0.05, 0) is 38.5 Å². The molecule has 9 nitrogen and oxygen atoms in total. The number of hydrogen-bond acceptors (Lipinski definition) is 7. The zero-order valence-corrected chi connectivity index (χ0v) is 30.2. The van der Waals surface area contributed by atoms with E-state index < -0.39 is 24.3 Å². The molecule has 46 heavy (non-hydrogen) atoms. The highest BCUT2D eigenvalue weighted by Gasteiger charge is 2.25. The summed E-state index contributed by atoms with van der Waals surface area (Å²) < 4.78 is 22.4. The van der Waals surface area contributed by atoms with Gasteiger partial charge in [-0.1, -0.05) is 109 Å². The van der Waals surface area contributed by atoms with Gasteiger partial charge in [-0.15, -0.1) is 0 Å². The molecule has 0 aliphatic carbocycles. The summed E-state index contributed by atoms with van der Waals surface area (Å²) >= 11 is 0. The Bertz CT molecular complexity index is 780. The number of likely N-dealkylation sites (N-methyl/N-ethyl adjacent to an activating group) is 1. The van der Waals surface area contributed by atoms with Crippen molar-refractivity contribution in [2.24, 2.45) is 0 Å². The van der Waals surface area contributed by atoms with Gasteiger partial charge >= 0.3 is 17.9 Å². The number of aliphatic carboxylic acids is 1. The Morgan fingerprint density at radius 1 is 0.630 bits per heavy atom. The van der Waals surface area contributed by atoms with E-state index in [0.717, 1.165) is 64.2 Å². The van der Waals surface area contributed by atoms with Gasteiger partial charge in [0.05, 0.1) is 34.4 Å². The molecule has 0 aromatic rings. The first-order valence-electron chi connectivity index (χ1n) is 18.4. The molecule has 2 unspecified atom stereocenters. The van der Waals surface area contributed by atoms with Crippen LogP contribution in [0.2, 0.25) is 0 Å². The summed E-state index contributed by atoms with van der Waals surface area (Å²) in [6.07, 6.45) is 24.5. The molecule has 0 saturated carbocycles. The average Bonchev–Trinajstić information content (AvgIpc) is 3.00. The van der Waals surface area contributed by atoms with Crippen LogP contribution in [0.1, 0.15) is 149 Å². The second kappa shape index (κ2) is 30.4. The lowest BCUT2D eigenvalue weighted by Gasteiger charge is -2.25. The summed E-state index contributed by atoms with van der Waals surface area (Å²) in [5.74, 6) is -2.03. The molecule has 0 fully saturated rings. The minimum Gasteiger partial charge on any atom is -0.477 e. The van der Waals surface area contributed by atoms with Crippen LogP contribution in [-0.2, 0) is 33.3 Å². The number of nitrogens with zero attached hydrogens (tertiary/aromatic N) is 1. The third kappa shape index (κ3) is 30.7. The SMILES string of the molecule is CCCCCCCCC/C=C\CCCCCCCC(=O)OC(COC(=O)CCCCCCC)COC(OCC[N+](C)(C)C)C(=O)O. The van der Waals surface area contributed by atoms with Crippen LogP contribution in [0.15, 0.2) is 12.2 Å². The standard InChI is InChI=1S/C37H69NO8/c1-6-8-10-12-13-14-15-16-17-18-19-20-21-22-24-26-28-35(40)46-33(31-44-34(39)27-25-23-11-9-7-2)32-45-37(36(41)42)43-30-29-38(3,4)5/h17-18,33,37H,6-16,19-32H2,1-5H3/p+1/b18-17-. The molecule has 1 N–H and O–H groups in total. The van der Waals surface area contributed by atoms with Crippen molar-refractivity contribution in [3.05, 3.63) is 12.2 Å². The lowest BCUT2D eigenvalue weighted by Crippen LogP contribution is -2.40. The van der Waals surface area contributed by atoms with E-state index in [2.05, 4.69) is 26.0 Å². The molecule has 9 heteroatoms. The largest absolute Gasteiger partial charge is 0.477 e. The normalized spacial score (nSPS) is 13.2. The summed E-state index contributed by atoms with van der Waals surface area (Å²) in [5.41, 5.74) is 0. The Balaban J connectivity index is 4.43. The molecule has 0 heterocycles. The fourth-order valence-corrected chi connectivity index (χ4v) is 4.83. The first-order chi connectivity index (χ1) is 22.1. The molecule has 0 amide bonds. The molecule has 0 aliphatic rings. The van der Waals surface area contributed by atoms with Crippen molar-refractivity contribution in [3.8, 4) is 0 Å². The summed E-state index contributed by atoms with van der Waals surface area (Å²) in [4.78, 5) is 36.5. The molecule has 0 aliphatic heterocycles. The van der Waals surface area contributed by atoms with E-state index >= 15 is 0 Å². The average molecular weight is 657 g/mol. The van der Waals surface area contributed by atoms with Gasteiger partial charge in [0, 0.05) is 12.8 Å². The lowest BCUT2D eigenvalue weighted by atomic mass is 10.1. The number of carboxylic acids is 1. The number of quaternary nitrogens is 1. The fourth-order valence-electron chi connectivity index (χ4n) is 4.83. The molecular formula is C37H70NO8+. The molecule has 0 aromatic heterocycles. The van der Waals surface area contributed by atoms with Gasteiger partial charge in [-0.2, -0.15) is 0 Å².